The van der Waals surface area contributed by atoms with E-state index in [1.54, 1.807) is 12.1 Å². The Hall–Kier alpha value is -1.80. The number of carbonyl (C=O) groups is 1. The Morgan fingerprint density at radius 2 is 2.00 bits per heavy atom. The number of halogens is 1. The van der Waals surface area contributed by atoms with E-state index in [1.807, 2.05) is 18.2 Å². The van der Waals surface area contributed by atoms with Crippen molar-refractivity contribution in [3.05, 3.63) is 64.7 Å². The molecule has 2 aromatic carbocycles. The highest BCUT2D eigenvalue weighted by molar-refractivity contribution is 6.31. The van der Waals surface area contributed by atoms with Crippen molar-refractivity contribution in [3.63, 3.8) is 0 Å². The zero-order valence-corrected chi connectivity index (χ0v) is 11.9. The van der Waals surface area contributed by atoms with Gasteiger partial charge in [0.2, 0.25) is 0 Å². The van der Waals surface area contributed by atoms with Gasteiger partial charge in [0.15, 0.2) is 5.78 Å². The number of fused-ring (bicyclic) bond motifs is 1. The predicted octanol–water partition coefficient (Wildman–Crippen LogP) is 3.98. The van der Waals surface area contributed by atoms with Crippen molar-refractivity contribution in [2.45, 2.75) is 12.8 Å². The molecule has 0 bridgehead atoms. The summed E-state index contributed by atoms with van der Waals surface area (Å²) in [6, 6.07) is 15.5. The standard InChI is InChI=1S/C17H16ClNO/c18-15-8-3-6-14(11-15)17(20)12-19-10-4-7-13-5-1-2-9-16(13)19/h1-3,5-6,8-9,11H,4,7,10,12H2. The van der Waals surface area contributed by atoms with Gasteiger partial charge in [-0.15, -0.1) is 0 Å². The van der Waals surface area contributed by atoms with Crippen LogP contribution in [-0.2, 0) is 6.42 Å². The van der Waals surface area contributed by atoms with Crippen LogP contribution >= 0.6 is 11.6 Å². The zero-order valence-electron chi connectivity index (χ0n) is 11.2. The van der Waals surface area contributed by atoms with Crippen LogP contribution < -0.4 is 4.90 Å². The Kier molecular flexibility index (Phi) is 3.75. The second-order valence-corrected chi connectivity index (χ2v) is 5.52. The van der Waals surface area contributed by atoms with E-state index in [-0.39, 0.29) is 5.78 Å². The van der Waals surface area contributed by atoms with Crippen molar-refractivity contribution in [1.82, 2.24) is 0 Å². The maximum Gasteiger partial charge on any atom is 0.182 e. The summed E-state index contributed by atoms with van der Waals surface area (Å²) in [7, 11) is 0. The maximum atomic E-state index is 12.4. The van der Waals surface area contributed by atoms with E-state index in [1.165, 1.54) is 11.3 Å². The van der Waals surface area contributed by atoms with Gasteiger partial charge in [0, 0.05) is 22.8 Å². The van der Waals surface area contributed by atoms with Gasteiger partial charge in [-0.25, -0.2) is 0 Å². The molecule has 0 unspecified atom stereocenters. The summed E-state index contributed by atoms with van der Waals surface area (Å²) < 4.78 is 0. The van der Waals surface area contributed by atoms with E-state index in [4.69, 9.17) is 11.6 Å². The first-order valence-corrected chi connectivity index (χ1v) is 7.23. The number of nitrogens with zero attached hydrogens (tertiary/aromatic N) is 1. The Labute approximate surface area is 124 Å². The smallest absolute Gasteiger partial charge is 0.182 e. The summed E-state index contributed by atoms with van der Waals surface area (Å²) in [5.41, 5.74) is 3.20. The molecule has 1 aliphatic heterocycles. The Morgan fingerprint density at radius 1 is 1.15 bits per heavy atom. The van der Waals surface area contributed by atoms with Crippen molar-refractivity contribution < 1.29 is 4.79 Å². The van der Waals surface area contributed by atoms with Gasteiger partial charge in [0.1, 0.15) is 0 Å². The van der Waals surface area contributed by atoms with Gasteiger partial charge < -0.3 is 4.90 Å². The number of aryl methyl sites for hydroxylation is 1. The fourth-order valence-electron chi connectivity index (χ4n) is 2.70. The molecule has 102 valence electrons. The van der Waals surface area contributed by atoms with Crippen molar-refractivity contribution >= 4 is 23.1 Å². The lowest BCUT2D eigenvalue weighted by atomic mass is 10.0. The summed E-state index contributed by atoms with van der Waals surface area (Å²) in [5.74, 6) is 0.115. The highest BCUT2D eigenvalue weighted by Crippen LogP contribution is 2.26. The van der Waals surface area contributed by atoms with Crippen LogP contribution in [0.15, 0.2) is 48.5 Å². The summed E-state index contributed by atoms with van der Waals surface area (Å²) in [5, 5.41) is 0.606. The van der Waals surface area contributed by atoms with Gasteiger partial charge in [-0.05, 0) is 36.6 Å². The Balaban J connectivity index is 1.81. The second kappa shape index (κ2) is 5.68. The number of hydrogen-bond donors (Lipinski definition) is 0. The molecule has 3 rings (SSSR count). The number of para-hydroxylation sites is 1. The SMILES string of the molecule is O=C(CN1CCCc2ccccc21)c1cccc(Cl)c1. The van der Waals surface area contributed by atoms with Crippen LogP contribution in [0.1, 0.15) is 22.3 Å². The minimum Gasteiger partial charge on any atom is -0.364 e. The summed E-state index contributed by atoms with van der Waals surface area (Å²) in [6.07, 6.45) is 2.19. The Bertz CT molecular complexity index is 638. The van der Waals surface area contributed by atoms with E-state index in [0.717, 1.165) is 19.4 Å². The highest BCUT2D eigenvalue weighted by Gasteiger charge is 2.19. The fraction of sp³-hybridized carbons (Fsp3) is 0.235. The monoisotopic (exact) mass is 285 g/mol. The minimum absolute atomic E-state index is 0.115. The van der Waals surface area contributed by atoms with Crippen LogP contribution in [0.2, 0.25) is 5.02 Å². The molecule has 1 heterocycles. The molecule has 2 aromatic rings. The molecule has 0 fully saturated rings. The molecule has 1 aliphatic rings. The minimum atomic E-state index is 0.115. The molecular formula is C17H16ClNO. The van der Waals surface area contributed by atoms with E-state index < -0.39 is 0 Å². The van der Waals surface area contributed by atoms with Gasteiger partial charge in [-0.2, -0.15) is 0 Å². The van der Waals surface area contributed by atoms with E-state index >= 15 is 0 Å². The molecule has 0 saturated heterocycles. The predicted molar refractivity (Wildman–Crippen MR) is 82.8 cm³/mol. The van der Waals surface area contributed by atoms with Crippen molar-refractivity contribution in [1.29, 1.82) is 0 Å². The van der Waals surface area contributed by atoms with Crippen molar-refractivity contribution in [3.8, 4) is 0 Å². The largest absolute Gasteiger partial charge is 0.364 e. The van der Waals surface area contributed by atoms with Crippen LogP contribution in [0, 0.1) is 0 Å². The van der Waals surface area contributed by atoms with Crippen molar-refractivity contribution in [2.24, 2.45) is 0 Å². The molecule has 0 spiro atoms. The third-order valence-corrected chi connectivity index (χ3v) is 3.92. The number of anilines is 1. The topological polar surface area (TPSA) is 20.3 Å². The number of benzene rings is 2. The van der Waals surface area contributed by atoms with Crippen LogP contribution in [0.25, 0.3) is 0 Å². The van der Waals surface area contributed by atoms with Crippen LogP contribution in [0.3, 0.4) is 0 Å². The van der Waals surface area contributed by atoms with Crippen molar-refractivity contribution in [2.75, 3.05) is 18.0 Å². The molecule has 0 radical (unpaired) electrons. The Morgan fingerprint density at radius 3 is 2.85 bits per heavy atom. The molecule has 0 atom stereocenters. The number of hydrogen-bond acceptors (Lipinski definition) is 2. The molecule has 0 aliphatic carbocycles. The summed E-state index contributed by atoms with van der Waals surface area (Å²) >= 11 is 5.95. The number of ketones is 1. The molecule has 0 saturated carbocycles. The first-order valence-electron chi connectivity index (χ1n) is 6.85. The van der Waals surface area contributed by atoms with E-state index in [0.29, 0.717) is 17.1 Å². The quantitative estimate of drug-likeness (QED) is 0.795. The molecule has 20 heavy (non-hydrogen) atoms. The second-order valence-electron chi connectivity index (χ2n) is 5.09. The molecule has 3 heteroatoms. The summed E-state index contributed by atoms with van der Waals surface area (Å²) in [6.45, 7) is 1.35. The van der Waals surface area contributed by atoms with E-state index in [9.17, 15) is 4.79 Å². The average molecular weight is 286 g/mol. The van der Waals surface area contributed by atoms with Crippen LogP contribution in [-0.4, -0.2) is 18.9 Å². The van der Waals surface area contributed by atoms with Crippen LogP contribution in [0.4, 0.5) is 5.69 Å². The lowest BCUT2D eigenvalue weighted by molar-refractivity contribution is 0.0998. The van der Waals surface area contributed by atoms with Gasteiger partial charge in [0.25, 0.3) is 0 Å². The third kappa shape index (κ3) is 2.70. The number of rotatable bonds is 3. The third-order valence-electron chi connectivity index (χ3n) is 3.69. The molecule has 0 N–H and O–H groups in total. The van der Waals surface area contributed by atoms with E-state index in [2.05, 4.69) is 23.1 Å². The first kappa shape index (κ1) is 13.2. The summed E-state index contributed by atoms with van der Waals surface area (Å²) in [4.78, 5) is 14.5. The molecule has 0 amide bonds. The average Bonchev–Trinajstić information content (AvgIpc) is 2.47. The fourth-order valence-corrected chi connectivity index (χ4v) is 2.89. The lowest BCUT2D eigenvalue weighted by Gasteiger charge is -2.30. The van der Waals surface area contributed by atoms with Gasteiger partial charge in [0.05, 0.1) is 6.54 Å². The number of carbonyl (C=O) groups excluding carboxylic acids is 1. The lowest BCUT2D eigenvalue weighted by Crippen LogP contribution is -2.34. The molecular weight excluding hydrogens is 270 g/mol. The van der Waals surface area contributed by atoms with Crippen LogP contribution in [0.5, 0.6) is 0 Å². The van der Waals surface area contributed by atoms with Gasteiger partial charge in [-0.1, -0.05) is 41.9 Å². The van der Waals surface area contributed by atoms with Gasteiger partial charge >= 0.3 is 0 Å². The normalized spacial score (nSPS) is 13.9. The molecule has 0 aromatic heterocycles. The number of Topliss-reactive ketones (excluding diaryl/α,β-unsaturated/α-hetero) is 1. The first-order chi connectivity index (χ1) is 9.74. The molecule has 2 nitrogen and oxygen atoms in total. The van der Waals surface area contributed by atoms with Gasteiger partial charge in [-0.3, -0.25) is 4.79 Å². The zero-order chi connectivity index (χ0) is 13.9. The highest BCUT2D eigenvalue weighted by atomic mass is 35.5. The maximum absolute atomic E-state index is 12.4.